The predicted octanol–water partition coefficient (Wildman–Crippen LogP) is 4.20. The molecule has 0 amide bonds. The van der Waals surface area contributed by atoms with Gasteiger partial charge in [0.15, 0.2) is 0 Å². The molecule has 0 fully saturated rings. The summed E-state index contributed by atoms with van der Waals surface area (Å²) in [6.45, 7) is 5.23. The maximum Gasteiger partial charge on any atom is 0.146 e. The van der Waals surface area contributed by atoms with Gasteiger partial charge in [0.2, 0.25) is 0 Å². The third-order valence-corrected chi connectivity index (χ3v) is 3.51. The summed E-state index contributed by atoms with van der Waals surface area (Å²) in [5.74, 6) is 0.447. The Morgan fingerprint density at radius 3 is 2.62 bits per heavy atom. The van der Waals surface area contributed by atoms with Gasteiger partial charge in [-0.2, -0.15) is 0 Å². The Balaban J connectivity index is 2.79. The van der Waals surface area contributed by atoms with Crippen molar-refractivity contribution >= 4 is 21.6 Å². The molecule has 0 heterocycles. The number of halogens is 2. The van der Waals surface area contributed by atoms with E-state index in [0.29, 0.717) is 16.9 Å². The molecule has 0 aliphatic rings. The van der Waals surface area contributed by atoms with E-state index in [1.54, 1.807) is 6.07 Å². The van der Waals surface area contributed by atoms with Gasteiger partial charge in [0.1, 0.15) is 5.82 Å². The summed E-state index contributed by atoms with van der Waals surface area (Å²) in [7, 11) is 1.94. The fourth-order valence-electron chi connectivity index (χ4n) is 1.64. The van der Waals surface area contributed by atoms with Gasteiger partial charge < -0.3 is 4.90 Å². The van der Waals surface area contributed by atoms with Gasteiger partial charge in [0.25, 0.3) is 0 Å². The lowest BCUT2D eigenvalue weighted by atomic mass is 10.1. The van der Waals surface area contributed by atoms with Crippen molar-refractivity contribution in [1.29, 1.82) is 0 Å². The zero-order valence-corrected chi connectivity index (χ0v) is 11.7. The molecule has 90 valence electrons. The van der Waals surface area contributed by atoms with Crippen LogP contribution in [0.15, 0.2) is 18.2 Å². The highest BCUT2D eigenvalue weighted by Crippen LogP contribution is 2.21. The largest absolute Gasteiger partial charge is 0.372 e. The van der Waals surface area contributed by atoms with Gasteiger partial charge in [-0.3, -0.25) is 0 Å². The number of nitrogens with zero attached hydrogens (tertiary/aromatic N) is 1. The standard InChI is InChI=1S/C13H19BrFN/c1-4-10(2)9-16(3)13-6-5-11(8-14)7-12(13)15/h5-7,10H,4,8-9H2,1-3H3. The Kier molecular flexibility index (Phi) is 5.26. The lowest BCUT2D eigenvalue weighted by Crippen LogP contribution is -2.24. The van der Waals surface area contributed by atoms with Crippen molar-refractivity contribution < 1.29 is 4.39 Å². The summed E-state index contributed by atoms with van der Waals surface area (Å²) in [4.78, 5) is 1.99. The van der Waals surface area contributed by atoms with Crippen LogP contribution in [0.3, 0.4) is 0 Å². The van der Waals surface area contributed by atoms with Gasteiger partial charge in [-0.15, -0.1) is 0 Å². The van der Waals surface area contributed by atoms with E-state index >= 15 is 0 Å². The number of hydrogen-bond acceptors (Lipinski definition) is 1. The minimum Gasteiger partial charge on any atom is -0.372 e. The molecule has 0 aliphatic heterocycles. The molecule has 1 atom stereocenters. The van der Waals surface area contributed by atoms with Crippen molar-refractivity contribution in [3.63, 3.8) is 0 Å². The maximum atomic E-state index is 13.8. The van der Waals surface area contributed by atoms with Crippen LogP contribution in [0.4, 0.5) is 10.1 Å². The molecule has 1 unspecified atom stereocenters. The van der Waals surface area contributed by atoms with Crippen LogP contribution < -0.4 is 4.90 Å². The fourth-order valence-corrected chi connectivity index (χ4v) is 1.99. The van der Waals surface area contributed by atoms with E-state index < -0.39 is 0 Å². The van der Waals surface area contributed by atoms with E-state index in [2.05, 4.69) is 29.8 Å². The first kappa shape index (κ1) is 13.5. The van der Waals surface area contributed by atoms with Crippen LogP contribution >= 0.6 is 15.9 Å². The second kappa shape index (κ2) is 6.24. The Labute approximate surface area is 106 Å². The van der Waals surface area contributed by atoms with Crippen molar-refractivity contribution in [3.05, 3.63) is 29.6 Å². The fraction of sp³-hybridized carbons (Fsp3) is 0.538. The summed E-state index contributed by atoms with van der Waals surface area (Å²) in [5.41, 5.74) is 1.66. The third kappa shape index (κ3) is 3.48. The lowest BCUT2D eigenvalue weighted by Gasteiger charge is -2.23. The second-order valence-corrected chi connectivity index (χ2v) is 4.87. The van der Waals surface area contributed by atoms with E-state index in [1.807, 2.05) is 24.1 Å². The van der Waals surface area contributed by atoms with Gasteiger partial charge in [0.05, 0.1) is 5.69 Å². The molecule has 0 radical (unpaired) electrons. The van der Waals surface area contributed by atoms with Crippen LogP contribution in [-0.4, -0.2) is 13.6 Å². The maximum absolute atomic E-state index is 13.8. The van der Waals surface area contributed by atoms with Crippen molar-refractivity contribution in [2.24, 2.45) is 5.92 Å². The first-order valence-corrected chi connectivity index (χ1v) is 6.76. The van der Waals surface area contributed by atoms with Gasteiger partial charge in [-0.05, 0) is 23.6 Å². The molecule has 0 bridgehead atoms. The zero-order valence-electron chi connectivity index (χ0n) is 10.1. The summed E-state index contributed by atoms with van der Waals surface area (Å²) >= 11 is 3.32. The molecular weight excluding hydrogens is 269 g/mol. The van der Waals surface area contributed by atoms with Crippen molar-refractivity contribution in [3.8, 4) is 0 Å². The quantitative estimate of drug-likeness (QED) is 0.734. The summed E-state index contributed by atoms with van der Waals surface area (Å²) < 4.78 is 13.8. The monoisotopic (exact) mass is 287 g/mol. The molecule has 3 heteroatoms. The number of benzene rings is 1. The molecule has 0 saturated heterocycles. The minimum absolute atomic E-state index is 0.136. The molecular formula is C13H19BrFN. The first-order valence-electron chi connectivity index (χ1n) is 5.64. The van der Waals surface area contributed by atoms with E-state index in [4.69, 9.17) is 0 Å². The third-order valence-electron chi connectivity index (χ3n) is 2.86. The van der Waals surface area contributed by atoms with Gasteiger partial charge in [-0.1, -0.05) is 42.3 Å². The number of alkyl halides is 1. The van der Waals surface area contributed by atoms with E-state index in [0.717, 1.165) is 18.5 Å². The van der Waals surface area contributed by atoms with Crippen LogP contribution in [0.2, 0.25) is 0 Å². The molecule has 1 nitrogen and oxygen atoms in total. The second-order valence-electron chi connectivity index (χ2n) is 4.31. The number of anilines is 1. The molecule has 1 aromatic carbocycles. The van der Waals surface area contributed by atoms with Gasteiger partial charge in [-0.25, -0.2) is 4.39 Å². The summed E-state index contributed by atoms with van der Waals surface area (Å²) in [6, 6.07) is 5.41. The normalized spacial score (nSPS) is 12.6. The first-order chi connectivity index (χ1) is 7.58. The predicted molar refractivity (Wildman–Crippen MR) is 71.8 cm³/mol. The smallest absolute Gasteiger partial charge is 0.146 e. The van der Waals surface area contributed by atoms with Crippen molar-refractivity contribution in [2.75, 3.05) is 18.5 Å². The molecule has 0 aliphatic carbocycles. The lowest BCUT2D eigenvalue weighted by molar-refractivity contribution is 0.550. The van der Waals surface area contributed by atoms with Gasteiger partial charge in [0, 0.05) is 18.9 Å². The molecule has 1 rings (SSSR count). The molecule has 0 N–H and O–H groups in total. The summed E-state index contributed by atoms with van der Waals surface area (Å²) in [6.07, 6.45) is 1.12. The highest BCUT2D eigenvalue weighted by atomic mass is 79.9. The SMILES string of the molecule is CCC(C)CN(C)c1ccc(CBr)cc1F. The average Bonchev–Trinajstić information content (AvgIpc) is 2.28. The Morgan fingerprint density at radius 1 is 1.44 bits per heavy atom. The van der Waals surface area contributed by atoms with Crippen LogP contribution in [0, 0.1) is 11.7 Å². The minimum atomic E-state index is -0.136. The van der Waals surface area contributed by atoms with Gasteiger partial charge >= 0.3 is 0 Å². The highest BCUT2D eigenvalue weighted by Gasteiger charge is 2.10. The van der Waals surface area contributed by atoms with Crippen LogP contribution in [0.25, 0.3) is 0 Å². The average molecular weight is 288 g/mol. The summed E-state index contributed by atoms with van der Waals surface area (Å²) in [5, 5.41) is 0.694. The van der Waals surface area contributed by atoms with E-state index in [1.165, 1.54) is 0 Å². The van der Waals surface area contributed by atoms with Crippen molar-refractivity contribution in [2.45, 2.75) is 25.6 Å². The highest BCUT2D eigenvalue weighted by molar-refractivity contribution is 9.08. The molecule has 0 aromatic heterocycles. The van der Waals surface area contributed by atoms with Crippen LogP contribution in [0.5, 0.6) is 0 Å². The Hall–Kier alpha value is -0.570. The Morgan fingerprint density at radius 2 is 2.12 bits per heavy atom. The molecule has 0 saturated carbocycles. The topological polar surface area (TPSA) is 3.24 Å². The van der Waals surface area contributed by atoms with E-state index in [9.17, 15) is 4.39 Å². The van der Waals surface area contributed by atoms with E-state index in [-0.39, 0.29) is 5.82 Å². The Bertz CT molecular complexity index is 341. The molecule has 0 spiro atoms. The molecule has 16 heavy (non-hydrogen) atoms. The number of hydrogen-bond donors (Lipinski definition) is 0. The van der Waals surface area contributed by atoms with Crippen LogP contribution in [0.1, 0.15) is 25.8 Å². The zero-order chi connectivity index (χ0) is 12.1. The van der Waals surface area contributed by atoms with Crippen LogP contribution in [-0.2, 0) is 5.33 Å². The van der Waals surface area contributed by atoms with Crippen molar-refractivity contribution in [1.82, 2.24) is 0 Å². The molecule has 1 aromatic rings. The number of rotatable bonds is 5.